The molecule has 5 nitrogen and oxygen atoms in total. The minimum Gasteiger partial charge on any atom is -0.370 e. The van der Waals surface area contributed by atoms with Gasteiger partial charge in [0.05, 0.1) is 11.4 Å². The van der Waals surface area contributed by atoms with E-state index >= 15 is 0 Å². The topological polar surface area (TPSA) is 38.8 Å². The van der Waals surface area contributed by atoms with E-state index in [1.165, 1.54) is 18.6 Å². The van der Waals surface area contributed by atoms with E-state index < -0.39 is 0 Å². The van der Waals surface area contributed by atoms with E-state index in [1.807, 2.05) is 4.90 Å². The number of halogens is 1. The van der Waals surface area contributed by atoms with Crippen molar-refractivity contribution in [1.29, 1.82) is 0 Å². The number of benzene rings is 1. The van der Waals surface area contributed by atoms with Crippen molar-refractivity contribution in [2.75, 3.05) is 56.5 Å². The third kappa shape index (κ3) is 4.17. The summed E-state index contributed by atoms with van der Waals surface area (Å²) in [6, 6.07) is 4.56. The summed E-state index contributed by atoms with van der Waals surface area (Å²) in [5.41, 5.74) is 1.51. The average molecular weight is 334 g/mol. The number of nitrogens with zero attached hydrogens (tertiary/aromatic N) is 3. The summed E-state index contributed by atoms with van der Waals surface area (Å²) >= 11 is 0. The lowest BCUT2D eigenvalue weighted by Crippen LogP contribution is -2.38. The number of carbonyl (C=O) groups is 1. The van der Waals surface area contributed by atoms with Crippen LogP contribution in [0.25, 0.3) is 0 Å². The second kappa shape index (κ2) is 7.83. The van der Waals surface area contributed by atoms with Crippen LogP contribution in [0, 0.1) is 5.82 Å². The van der Waals surface area contributed by atoms with E-state index in [0.29, 0.717) is 12.2 Å². The van der Waals surface area contributed by atoms with Crippen LogP contribution in [0.4, 0.5) is 20.6 Å². The smallest absolute Gasteiger partial charge is 0.321 e. The third-order valence-electron chi connectivity index (χ3n) is 4.90. The second-order valence-electron chi connectivity index (χ2n) is 6.78. The molecule has 0 aliphatic carbocycles. The molecule has 0 radical (unpaired) electrons. The number of piperidine rings is 1. The average Bonchev–Trinajstić information content (AvgIpc) is 2.80. The molecule has 0 bridgehead atoms. The van der Waals surface area contributed by atoms with Gasteiger partial charge in [-0.15, -0.1) is 0 Å². The Kier molecular flexibility index (Phi) is 5.56. The molecule has 0 unspecified atom stereocenters. The summed E-state index contributed by atoms with van der Waals surface area (Å²) in [5.74, 6) is -0.318. The van der Waals surface area contributed by atoms with Crippen molar-refractivity contribution in [2.24, 2.45) is 0 Å². The Morgan fingerprint density at radius 3 is 2.58 bits per heavy atom. The van der Waals surface area contributed by atoms with E-state index in [0.717, 1.165) is 57.7 Å². The second-order valence-corrected chi connectivity index (χ2v) is 6.78. The van der Waals surface area contributed by atoms with Gasteiger partial charge >= 0.3 is 6.03 Å². The number of rotatable bonds is 2. The van der Waals surface area contributed by atoms with Crippen LogP contribution in [0.5, 0.6) is 0 Å². The lowest BCUT2D eigenvalue weighted by Gasteiger charge is -2.31. The van der Waals surface area contributed by atoms with E-state index in [9.17, 15) is 9.18 Å². The molecule has 24 heavy (non-hydrogen) atoms. The fourth-order valence-electron chi connectivity index (χ4n) is 3.46. The Bertz CT molecular complexity index is 574. The van der Waals surface area contributed by atoms with Crippen LogP contribution in [0.1, 0.15) is 25.7 Å². The van der Waals surface area contributed by atoms with Gasteiger partial charge in [0.15, 0.2) is 0 Å². The largest absolute Gasteiger partial charge is 0.370 e. The number of anilines is 2. The first-order valence-corrected chi connectivity index (χ1v) is 8.92. The first kappa shape index (κ1) is 17.0. The quantitative estimate of drug-likeness (QED) is 0.904. The van der Waals surface area contributed by atoms with Crippen LogP contribution in [-0.2, 0) is 0 Å². The molecule has 1 aromatic rings. The number of hydrogen-bond acceptors (Lipinski definition) is 3. The summed E-state index contributed by atoms with van der Waals surface area (Å²) in [6.07, 6.45) is 4.49. The van der Waals surface area contributed by atoms with Gasteiger partial charge in [-0.05, 0) is 57.5 Å². The van der Waals surface area contributed by atoms with Gasteiger partial charge in [-0.25, -0.2) is 9.18 Å². The monoisotopic (exact) mass is 334 g/mol. The molecular formula is C18H27FN4O. The van der Waals surface area contributed by atoms with Crippen molar-refractivity contribution < 1.29 is 9.18 Å². The molecule has 2 aliphatic rings. The molecule has 0 aromatic heterocycles. The minimum atomic E-state index is -0.318. The molecule has 132 valence electrons. The molecule has 0 spiro atoms. The van der Waals surface area contributed by atoms with Gasteiger partial charge in [-0.3, -0.25) is 0 Å². The fraction of sp³-hybridized carbons (Fsp3) is 0.611. The Morgan fingerprint density at radius 2 is 1.79 bits per heavy atom. The highest BCUT2D eigenvalue weighted by Crippen LogP contribution is 2.29. The van der Waals surface area contributed by atoms with Crippen LogP contribution in [0.3, 0.4) is 0 Å². The van der Waals surface area contributed by atoms with E-state index in [1.54, 1.807) is 6.07 Å². The van der Waals surface area contributed by atoms with Crippen LogP contribution in [0.15, 0.2) is 18.2 Å². The lowest BCUT2D eigenvalue weighted by atomic mass is 10.1. The number of hydrogen-bond donors (Lipinski definition) is 1. The molecule has 2 heterocycles. The molecule has 1 N–H and O–H groups in total. The number of amides is 2. The predicted octanol–water partition coefficient (Wildman–Crippen LogP) is 2.99. The highest BCUT2D eigenvalue weighted by molar-refractivity contribution is 5.93. The van der Waals surface area contributed by atoms with Gasteiger partial charge < -0.3 is 20.0 Å². The maximum absolute atomic E-state index is 13.7. The molecule has 2 fully saturated rings. The standard InChI is InChI=1S/C18H27FN4O/c1-21-8-5-11-23(13-12-21)18(24)20-16-14-15(19)6-7-17(16)22-9-3-2-4-10-22/h6-7,14H,2-5,8-13H2,1H3,(H,20,24). The minimum absolute atomic E-state index is 0.130. The first-order valence-electron chi connectivity index (χ1n) is 8.92. The molecule has 0 atom stereocenters. The molecule has 2 amide bonds. The Hall–Kier alpha value is -1.82. The molecule has 0 saturated carbocycles. The molecular weight excluding hydrogens is 307 g/mol. The van der Waals surface area contributed by atoms with Gasteiger partial charge in [-0.2, -0.15) is 0 Å². The van der Waals surface area contributed by atoms with Crippen LogP contribution in [-0.4, -0.2) is 62.1 Å². The Balaban J connectivity index is 1.73. The number of carbonyl (C=O) groups excluding carboxylic acids is 1. The van der Waals surface area contributed by atoms with Crippen LogP contribution < -0.4 is 10.2 Å². The summed E-state index contributed by atoms with van der Waals surface area (Å²) in [4.78, 5) is 18.9. The Labute approximate surface area is 143 Å². The molecule has 6 heteroatoms. The molecule has 2 saturated heterocycles. The third-order valence-corrected chi connectivity index (χ3v) is 4.90. The number of likely N-dealkylation sites (N-methyl/N-ethyl adjacent to an activating group) is 1. The van der Waals surface area contributed by atoms with Crippen molar-refractivity contribution >= 4 is 17.4 Å². The van der Waals surface area contributed by atoms with Gasteiger partial charge in [0, 0.05) is 32.7 Å². The first-order chi connectivity index (χ1) is 11.6. The summed E-state index contributed by atoms with van der Waals surface area (Å²) in [7, 11) is 2.07. The van der Waals surface area contributed by atoms with Crippen molar-refractivity contribution in [3.63, 3.8) is 0 Å². The Morgan fingerprint density at radius 1 is 1.00 bits per heavy atom. The highest BCUT2D eigenvalue weighted by Gasteiger charge is 2.21. The lowest BCUT2D eigenvalue weighted by molar-refractivity contribution is 0.213. The van der Waals surface area contributed by atoms with E-state index in [2.05, 4.69) is 22.2 Å². The number of nitrogens with one attached hydrogen (secondary N) is 1. The summed E-state index contributed by atoms with van der Waals surface area (Å²) in [6.45, 7) is 5.24. The number of urea groups is 1. The molecule has 2 aliphatic heterocycles. The van der Waals surface area contributed by atoms with Crippen molar-refractivity contribution in [3.05, 3.63) is 24.0 Å². The SMILES string of the molecule is CN1CCCN(C(=O)Nc2cc(F)ccc2N2CCCCC2)CC1. The maximum Gasteiger partial charge on any atom is 0.321 e. The van der Waals surface area contributed by atoms with Crippen molar-refractivity contribution in [3.8, 4) is 0 Å². The van der Waals surface area contributed by atoms with Gasteiger partial charge in [0.1, 0.15) is 5.82 Å². The fourth-order valence-corrected chi connectivity index (χ4v) is 3.46. The van der Waals surface area contributed by atoms with Gasteiger partial charge in [-0.1, -0.05) is 0 Å². The van der Waals surface area contributed by atoms with Crippen molar-refractivity contribution in [2.45, 2.75) is 25.7 Å². The maximum atomic E-state index is 13.7. The summed E-state index contributed by atoms with van der Waals surface area (Å²) in [5, 5.41) is 2.95. The molecule has 1 aromatic carbocycles. The normalized spacial score (nSPS) is 19.9. The van der Waals surface area contributed by atoms with Crippen molar-refractivity contribution in [1.82, 2.24) is 9.80 Å². The van der Waals surface area contributed by atoms with E-state index in [4.69, 9.17) is 0 Å². The highest BCUT2D eigenvalue weighted by atomic mass is 19.1. The predicted molar refractivity (Wildman–Crippen MR) is 95.2 cm³/mol. The van der Waals surface area contributed by atoms with Crippen LogP contribution >= 0.6 is 0 Å². The van der Waals surface area contributed by atoms with Crippen LogP contribution in [0.2, 0.25) is 0 Å². The zero-order valence-corrected chi connectivity index (χ0v) is 14.4. The van der Waals surface area contributed by atoms with Gasteiger partial charge in [0.2, 0.25) is 0 Å². The zero-order valence-electron chi connectivity index (χ0n) is 14.4. The summed E-state index contributed by atoms with van der Waals surface area (Å²) < 4.78 is 13.7. The van der Waals surface area contributed by atoms with Gasteiger partial charge in [0.25, 0.3) is 0 Å². The zero-order chi connectivity index (χ0) is 16.9. The van der Waals surface area contributed by atoms with E-state index in [-0.39, 0.29) is 11.8 Å². The molecule has 3 rings (SSSR count).